The van der Waals surface area contributed by atoms with Crippen molar-refractivity contribution < 1.29 is 22.3 Å². The molecule has 0 spiro atoms. The molecule has 0 saturated heterocycles. The van der Waals surface area contributed by atoms with Gasteiger partial charge in [0.1, 0.15) is 6.10 Å². The van der Waals surface area contributed by atoms with Gasteiger partial charge >= 0.3 is 0 Å². The molecule has 100 valence electrons. The normalized spacial score (nSPS) is 35.5. The van der Waals surface area contributed by atoms with Gasteiger partial charge in [-0.05, 0) is 32.6 Å². The first-order valence-electron chi connectivity index (χ1n) is 5.76. The fourth-order valence-electron chi connectivity index (χ4n) is 2.07. The Morgan fingerprint density at radius 3 is 2.41 bits per heavy atom. The maximum Gasteiger partial charge on any atom is 0.275 e. The molecule has 2 saturated carbocycles. The molecule has 0 amide bonds. The highest BCUT2D eigenvalue weighted by Gasteiger charge is 2.53. The number of halogens is 2. The molecule has 0 heterocycles. The topological polar surface area (TPSA) is 66.4 Å². The van der Waals surface area contributed by atoms with Crippen molar-refractivity contribution in [2.45, 2.75) is 61.8 Å². The number of alkyl halides is 2. The van der Waals surface area contributed by atoms with Crippen LogP contribution in [0.3, 0.4) is 0 Å². The van der Waals surface area contributed by atoms with Crippen molar-refractivity contribution in [2.75, 3.05) is 0 Å². The predicted molar refractivity (Wildman–Crippen MR) is 58.3 cm³/mol. The SMILES string of the molecule is CC1(S(=O)(=O)N[C@@H]2CCCC(F)(F)[C@H]2O)CC1. The smallest absolute Gasteiger partial charge is 0.275 e. The molecule has 0 aliphatic heterocycles. The Morgan fingerprint density at radius 1 is 1.29 bits per heavy atom. The van der Waals surface area contributed by atoms with Gasteiger partial charge in [0.25, 0.3) is 5.92 Å². The van der Waals surface area contributed by atoms with Crippen molar-refractivity contribution in [3.05, 3.63) is 0 Å². The minimum absolute atomic E-state index is 0.216. The zero-order valence-corrected chi connectivity index (χ0v) is 10.4. The molecule has 7 heteroatoms. The third kappa shape index (κ3) is 2.32. The Bertz CT molecular complexity index is 406. The van der Waals surface area contributed by atoms with Crippen LogP contribution in [0.4, 0.5) is 8.78 Å². The van der Waals surface area contributed by atoms with Crippen LogP contribution in [0.2, 0.25) is 0 Å². The van der Waals surface area contributed by atoms with E-state index in [2.05, 4.69) is 4.72 Å². The fraction of sp³-hybridized carbons (Fsp3) is 1.00. The Balaban J connectivity index is 2.09. The van der Waals surface area contributed by atoms with E-state index in [1.807, 2.05) is 0 Å². The van der Waals surface area contributed by atoms with E-state index < -0.39 is 32.8 Å². The zero-order valence-electron chi connectivity index (χ0n) is 9.62. The zero-order chi connectivity index (χ0) is 12.9. The third-order valence-electron chi connectivity index (χ3n) is 3.75. The highest BCUT2D eigenvalue weighted by Crippen LogP contribution is 2.43. The summed E-state index contributed by atoms with van der Waals surface area (Å²) >= 11 is 0. The molecule has 17 heavy (non-hydrogen) atoms. The molecule has 4 nitrogen and oxygen atoms in total. The van der Waals surface area contributed by atoms with Gasteiger partial charge in [-0.2, -0.15) is 0 Å². The van der Waals surface area contributed by atoms with E-state index in [-0.39, 0.29) is 19.3 Å². The van der Waals surface area contributed by atoms with Crippen LogP contribution in [0.15, 0.2) is 0 Å². The lowest BCUT2D eigenvalue weighted by atomic mass is 9.90. The summed E-state index contributed by atoms with van der Waals surface area (Å²) in [4.78, 5) is 0. The minimum atomic E-state index is -3.61. The average Bonchev–Trinajstić information content (AvgIpc) is 2.93. The number of sulfonamides is 1. The summed E-state index contributed by atoms with van der Waals surface area (Å²) in [5, 5.41) is 9.47. The van der Waals surface area contributed by atoms with Crippen LogP contribution in [0, 0.1) is 0 Å². The van der Waals surface area contributed by atoms with E-state index in [1.165, 1.54) is 0 Å². The first kappa shape index (κ1) is 13.2. The molecule has 0 aromatic rings. The molecule has 0 radical (unpaired) electrons. The van der Waals surface area contributed by atoms with E-state index in [0.717, 1.165) is 0 Å². The van der Waals surface area contributed by atoms with E-state index in [4.69, 9.17) is 0 Å². The molecule has 2 rings (SSSR count). The van der Waals surface area contributed by atoms with Gasteiger partial charge in [-0.15, -0.1) is 0 Å². The molecule has 0 bridgehead atoms. The summed E-state index contributed by atoms with van der Waals surface area (Å²) in [5.41, 5.74) is 0. The van der Waals surface area contributed by atoms with Gasteiger partial charge in [-0.25, -0.2) is 21.9 Å². The van der Waals surface area contributed by atoms with Crippen molar-refractivity contribution in [1.29, 1.82) is 0 Å². The molecular weight excluding hydrogens is 252 g/mol. The first-order valence-corrected chi connectivity index (χ1v) is 7.24. The monoisotopic (exact) mass is 269 g/mol. The van der Waals surface area contributed by atoms with Gasteiger partial charge in [-0.3, -0.25) is 0 Å². The standard InChI is InChI=1S/C10H17F2NO3S/c1-9(5-6-9)17(15,16)13-7-3-2-4-10(11,12)8(7)14/h7-8,13-14H,2-6H2,1H3/t7-,8+/m1/s1. The largest absolute Gasteiger partial charge is 0.385 e. The van der Waals surface area contributed by atoms with Crippen LogP contribution >= 0.6 is 0 Å². The molecular formula is C10H17F2NO3S. The second kappa shape index (κ2) is 3.86. The lowest BCUT2D eigenvalue weighted by Crippen LogP contribution is -2.55. The minimum Gasteiger partial charge on any atom is -0.385 e. The van der Waals surface area contributed by atoms with Crippen molar-refractivity contribution in [1.82, 2.24) is 4.72 Å². The van der Waals surface area contributed by atoms with Crippen LogP contribution in [-0.4, -0.2) is 36.3 Å². The van der Waals surface area contributed by atoms with E-state index in [0.29, 0.717) is 12.8 Å². The van der Waals surface area contributed by atoms with Gasteiger partial charge in [0, 0.05) is 6.42 Å². The average molecular weight is 269 g/mol. The number of aliphatic hydroxyl groups excluding tert-OH is 1. The predicted octanol–water partition coefficient (Wildman–Crippen LogP) is 1.01. The number of hydrogen-bond donors (Lipinski definition) is 2. The summed E-state index contributed by atoms with van der Waals surface area (Å²) in [6.45, 7) is 1.59. The van der Waals surface area contributed by atoms with Crippen LogP contribution < -0.4 is 4.72 Å². The summed E-state index contributed by atoms with van der Waals surface area (Å²) < 4.78 is 51.7. The Hall–Kier alpha value is -0.270. The molecule has 2 aliphatic carbocycles. The van der Waals surface area contributed by atoms with E-state index >= 15 is 0 Å². The lowest BCUT2D eigenvalue weighted by molar-refractivity contribution is -0.140. The van der Waals surface area contributed by atoms with E-state index in [9.17, 15) is 22.3 Å². The fourth-order valence-corrected chi connectivity index (χ4v) is 3.64. The number of nitrogens with one attached hydrogen (secondary N) is 1. The highest BCUT2D eigenvalue weighted by molar-refractivity contribution is 7.91. The van der Waals surface area contributed by atoms with E-state index in [1.54, 1.807) is 6.92 Å². The van der Waals surface area contributed by atoms with Crippen molar-refractivity contribution in [2.24, 2.45) is 0 Å². The summed E-state index contributed by atoms with van der Waals surface area (Å²) in [6, 6.07) is -1.07. The number of rotatable bonds is 3. The Labute approximate surface area is 99.4 Å². The molecule has 2 atom stereocenters. The van der Waals surface area contributed by atoms with Crippen LogP contribution in [-0.2, 0) is 10.0 Å². The molecule has 2 aliphatic rings. The van der Waals surface area contributed by atoms with Crippen molar-refractivity contribution in [3.8, 4) is 0 Å². The molecule has 0 unspecified atom stereocenters. The van der Waals surface area contributed by atoms with Gasteiger partial charge in [0.15, 0.2) is 0 Å². The van der Waals surface area contributed by atoms with Gasteiger partial charge < -0.3 is 5.11 Å². The van der Waals surface area contributed by atoms with Crippen molar-refractivity contribution >= 4 is 10.0 Å². The second-order valence-electron chi connectivity index (χ2n) is 5.28. The van der Waals surface area contributed by atoms with Crippen molar-refractivity contribution in [3.63, 3.8) is 0 Å². The Morgan fingerprint density at radius 2 is 1.88 bits per heavy atom. The summed E-state index contributed by atoms with van der Waals surface area (Å²) in [6.07, 6.45) is -0.749. The first-order chi connectivity index (χ1) is 7.68. The number of aliphatic hydroxyl groups is 1. The summed E-state index contributed by atoms with van der Waals surface area (Å²) in [7, 11) is -3.61. The highest BCUT2D eigenvalue weighted by atomic mass is 32.2. The van der Waals surface area contributed by atoms with Crippen LogP contribution in [0.5, 0.6) is 0 Å². The quantitative estimate of drug-likeness (QED) is 0.803. The van der Waals surface area contributed by atoms with Gasteiger partial charge in [0.2, 0.25) is 10.0 Å². The number of hydrogen-bond acceptors (Lipinski definition) is 3. The van der Waals surface area contributed by atoms with Crippen LogP contribution in [0.1, 0.15) is 39.0 Å². The molecule has 2 N–H and O–H groups in total. The van der Waals surface area contributed by atoms with Gasteiger partial charge in [0.05, 0.1) is 10.8 Å². The Kier molecular flexibility index (Phi) is 2.99. The molecule has 0 aromatic carbocycles. The molecule has 0 aromatic heterocycles. The third-order valence-corrected chi connectivity index (χ3v) is 6.07. The summed E-state index contributed by atoms with van der Waals surface area (Å²) in [5.74, 6) is -3.20. The molecule has 2 fully saturated rings. The van der Waals surface area contributed by atoms with Gasteiger partial charge in [-0.1, -0.05) is 0 Å². The maximum atomic E-state index is 13.3. The maximum absolute atomic E-state index is 13.3. The van der Waals surface area contributed by atoms with Crippen LogP contribution in [0.25, 0.3) is 0 Å². The second-order valence-corrected chi connectivity index (χ2v) is 7.50. The lowest BCUT2D eigenvalue weighted by Gasteiger charge is -2.35.